The first-order valence-corrected chi connectivity index (χ1v) is 10.2. The molecular weight excluding hydrogens is 414 g/mol. The lowest BCUT2D eigenvalue weighted by molar-refractivity contribution is 0.0954. The van der Waals surface area contributed by atoms with E-state index in [4.69, 9.17) is 11.6 Å². The minimum Gasteiger partial charge on any atom is -0.352 e. The van der Waals surface area contributed by atoms with Gasteiger partial charge in [-0.3, -0.25) is 14.2 Å². The normalized spacial score (nSPS) is 10.9. The van der Waals surface area contributed by atoms with Gasteiger partial charge in [0.1, 0.15) is 0 Å². The van der Waals surface area contributed by atoms with Crippen LogP contribution >= 0.6 is 11.6 Å². The molecule has 0 spiro atoms. The molecule has 0 saturated heterocycles. The smallest absolute Gasteiger partial charge is 0.329 e. The van der Waals surface area contributed by atoms with Crippen molar-refractivity contribution in [2.75, 3.05) is 6.54 Å². The van der Waals surface area contributed by atoms with Crippen LogP contribution in [0.2, 0.25) is 5.02 Å². The van der Waals surface area contributed by atoms with Gasteiger partial charge in [0.15, 0.2) is 0 Å². The van der Waals surface area contributed by atoms with Gasteiger partial charge in [-0.2, -0.15) is 0 Å². The van der Waals surface area contributed by atoms with E-state index in [1.807, 2.05) is 24.3 Å². The monoisotopic (exact) mass is 433 g/mol. The Morgan fingerprint density at radius 1 is 0.903 bits per heavy atom. The molecular formula is C24H20ClN3O3. The first-order valence-electron chi connectivity index (χ1n) is 9.85. The predicted octanol–water partition coefficient (Wildman–Crippen LogP) is 3.36. The van der Waals surface area contributed by atoms with Crippen molar-refractivity contribution in [2.24, 2.45) is 0 Å². The van der Waals surface area contributed by atoms with Gasteiger partial charge in [-0.15, -0.1) is 0 Å². The summed E-state index contributed by atoms with van der Waals surface area (Å²) in [6.07, 6.45) is 0.703. The van der Waals surface area contributed by atoms with E-state index in [1.165, 1.54) is 0 Å². The molecule has 0 aliphatic carbocycles. The second kappa shape index (κ2) is 9.02. The number of hydrogen-bond acceptors (Lipinski definition) is 3. The Balaban J connectivity index is 1.42. The van der Waals surface area contributed by atoms with Crippen molar-refractivity contribution in [1.29, 1.82) is 0 Å². The number of H-pyrrole nitrogens is 1. The number of halogens is 1. The molecule has 0 aliphatic heterocycles. The molecule has 2 N–H and O–H groups in total. The fraction of sp³-hybridized carbons (Fsp3) is 0.125. The molecule has 156 valence electrons. The molecule has 1 heterocycles. The van der Waals surface area contributed by atoms with Gasteiger partial charge in [0.05, 0.1) is 17.4 Å². The fourth-order valence-corrected chi connectivity index (χ4v) is 3.49. The summed E-state index contributed by atoms with van der Waals surface area (Å²) in [6, 6.07) is 21.3. The lowest BCUT2D eigenvalue weighted by atomic mass is 10.1. The second-order valence-corrected chi connectivity index (χ2v) is 7.63. The van der Waals surface area contributed by atoms with E-state index in [0.29, 0.717) is 34.5 Å². The summed E-state index contributed by atoms with van der Waals surface area (Å²) in [7, 11) is 0. The number of hydrogen-bond donors (Lipinski definition) is 2. The van der Waals surface area contributed by atoms with E-state index in [9.17, 15) is 14.4 Å². The van der Waals surface area contributed by atoms with E-state index in [-0.39, 0.29) is 18.0 Å². The zero-order valence-electron chi connectivity index (χ0n) is 16.6. The molecule has 0 atom stereocenters. The maximum Gasteiger partial charge on any atom is 0.329 e. The van der Waals surface area contributed by atoms with Crippen molar-refractivity contribution in [3.8, 4) is 0 Å². The number of amides is 1. The van der Waals surface area contributed by atoms with Crippen molar-refractivity contribution in [3.63, 3.8) is 0 Å². The zero-order valence-corrected chi connectivity index (χ0v) is 17.4. The molecule has 7 heteroatoms. The molecule has 1 amide bonds. The van der Waals surface area contributed by atoms with Gasteiger partial charge in [-0.25, -0.2) is 4.79 Å². The molecule has 4 rings (SSSR count). The Morgan fingerprint density at radius 2 is 1.58 bits per heavy atom. The quantitative estimate of drug-likeness (QED) is 0.489. The van der Waals surface area contributed by atoms with Crippen LogP contribution in [0.25, 0.3) is 10.9 Å². The van der Waals surface area contributed by atoms with Crippen LogP contribution in [0.5, 0.6) is 0 Å². The molecule has 0 saturated carbocycles. The topological polar surface area (TPSA) is 84.0 Å². The molecule has 0 unspecified atom stereocenters. The van der Waals surface area contributed by atoms with Crippen LogP contribution in [0.3, 0.4) is 0 Å². The number of aromatic amines is 1. The van der Waals surface area contributed by atoms with Crippen LogP contribution in [0.15, 0.2) is 82.4 Å². The number of benzene rings is 3. The summed E-state index contributed by atoms with van der Waals surface area (Å²) in [5, 5.41) is 4.03. The standard InChI is InChI=1S/C24H20ClN3O3/c25-19-11-7-16(8-12-19)13-14-26-22(29)18-9-5-17(6-10-18)15-28-23(30)20-3-1-2-4-21(20)27-24(28)31/h1-12H,13-15H2,(H,26,29)(H,27,31). The third kappa shape index (κ3) is 4.75. The number of nitrogens with zero attached hydrogens (tertiary/aromatic N) is 1. The van der Waals surface area contributed by atoms with Crippen molar-refractivity contribution < 1.29 is 4.79 Å². The largest absolute Gasteiger partial charge is 0.352 e. The van der Waals surface area contributed by atoms with Gasteiger partial charge in [-0.05, 0) is 53.9 Å². The molecule has 1 aromatic heterocycles. The average Bonchev–Trinajstić information content (AvgIpc) is 2.78. The third-order valence-electron chi connectivity index (χ3n) is 5.06. The van der Waals surface area contributed by atoms with E-state index in [0.717, 1.165) is 15.7 Å². The summed E-state index contributed by atoms with van der Waals surface area (Å²) >= 11 is 5.88. The maximum atomic E-state index is 12.7. The number of aromatic nitrogens is 2. The molecule has 4 aromatic rings. The Kier molecular flexibility index (Phi) is 6.00. The predicted molar refractivity (Wildman–Crippen MR) is 122 cm³/mol. The lowest BCUT2D eigenvalue weighted by Gasteiger charge is -2.08. The van der Waals surface area contributed by atoms with Gasteiger partial charge in [0.25, 0.3) is 11.5 Å². The van der Waals surface area contributed by atoms with Gasteiger partial charge in [0.2, 0.25) is 0 Å². The van der Waals surface area contributed by atoms with Crippen LogP contribution in [0.4, 0.5) is 0 Å². The van der Waals surface area contributed by atoms with Crippen LogP contribution < -0.4 is 16.6 Å². The number of carbonyl (C=O) groups is 1. The molecule has 0 aliphatic rings. The number of fused-ring (bicyclic) bond motifs is 1. The Bertz CT molecular complexity index is 1340. The van der Waals surface area contributed by atoms with Crippen LogP contribution in [0.1, 0.15) is 21.5 Å². The Morgan fingerprint density at radius 3 is 2.32 bits per heavy atom. The van der Waals surface area contributed by atoms with Gasteiger partial charge in [0, 0.05) is 17.1 Å². The summed E-state index contributed by atoms with van der Waals surface area (Å²) in [6.45, 7) is 0.627. The SMILES string of the molecule is O=C(NCCc1ccc(Cl)cc1)c1ccc(Cn2c(=O)[nH]c3ccccc3c2=O)cc1. The molecule has 31 heavy (non-hydrogen) atoms. The number of rotatable bonds is 6. The zero-order chi connectivity index (χ0) is 21.8. The van der Waals surface area contributed by atoms with E-state index in [1.54, 1.807) is 48.5 Å². The lowest BCUT2D eigenvalue weighted by Crippen LogP contribution is -2.35. The van der Waals surface area contributed by atoms with Gasteiger partial charge >= 0.3 is 5.69 Å². The fourth-order valence-electron chi connectivity index (χ4n) is 3.36. The molecule has 0 fully saturated rings. The van der Waals surface area contributed by atoms with E-state index < -0.39 is 5.69 Å². The van der Waals surface area contributed by atoms with Crippen molar-refractivity contribution in [3.05, 3.63) is 115 Å². The van der Waals surface area contributed by atoms with Crippen LogP contribution in [-0.4, -0.2) is 22.0 Å². The highest BCUT2D eigenvalue weighted by molar-refractivity contribution is 6.30. The summed E-state index contributed by atoms with van der Waals surface area (Å²) < 4.78 is 1.16. The first-order chi connectivity index (χ1) is 15.0. The van der Waals surface area contributed by atoms with Gasteiger partial charge < -0.3 is 10.3 Å². The highest BCUT2D eigenvalue weighted by Crippen LogP contribution is 2.10. The average molecular weight is 434 g/mol. The van der Waals surface area contributed by atoms with Crippen molar-refractivity contribution in [2.45, 2.75) is 13.0 Å². The third-order valence-corrected chi connectivity index (χ3v) is 5.31. The van der Waals surface area contributed by atoms with E-state index in [2.05, 4.69) is 10.3 Å². The second-order valence-electron chi connectivity index (χ2n) is 7.20. The maximum absolute atomic E-state index is 12.7. The van der Waals surface area contributed by atoms with Crippen LogP contribution in [-0.2, 0) is 13.0 Å². The number of nitrogens with one attached hydrogen (secondary N) is 2. The van der Waals surface area contributed by atoms with Crippen LogP contribution in [0, 0.1) is 0 Å². The van der Waals surface area contributed by atoms with Gasteiger partial charge in [-0.1, -0.05) is 48.0 Å². The summed E-state index contributed by atoms with van der Waals surface area (Å²) in [5.74, 6) is -0.179. The van der Waals surface area contributed by atoms with E-state index >= 15 is 0 Å². The first kappa shape index (κ1) is 20.6. The highest BCUT2D eigenvalue weighted by atomic mass is 35.5. The molecule has 3 aromatic carbocycles. The number of para-hydroxylation sites is 1. The van der Waals surface area contributed by atoms with Crippen molar-refractivity contribution >= 4 is 28.4 Å². The minimum absolute atomic E-state index is 0.122. The van der Waals surface area contributed by atoms with Crippen molar-refractivity contribution in [1.82, 2.24) is 14.9 Å². The minimum atomic E-state index is -0.465. The molecule has 6 nitrogen and oxygen atoms in total. The Hall–Kier alpha value is -3.64. The summed E-state index contributed by atoms with van der Waals surface area (Å²) in [5.41, 5.74) is 2.06. The summed E-state index contributed by atoms with van der Waals surface area (Å²) in [4.78, 5) is 40.1. The molecule has 0 radical (unpaired) electrons. The molecule has 0 bridgehead atoms. The Labute approximate surface area is 183 Å². The highest BCUT2D eigenvalue weighted by Gasteiger charge is 2.09. The number of carbonyl (C=O) groups excluding carboxylic acids is 1.